The molecule has 2 heteroatoms. The lowest BCUT2D eigenvalue weighted by Gasteiger charge is -2.06. The van der Waals surface area contributed by atoms with E-state index in [2.05, 4.69) is 12.6 Å². The molecule has 1 aromatic rings. The minimum atomic E-state index is 0.479. The Morgan fingerprint density at radius 3 is 2.69 bits per heavy atom. The van der Waals surface area contributed by atoms with E-state index in [1.807, 2.05) is 26.0 Å². The normalized spacial score (nSPS) is 9.38. The maximum atomic E-state index is 5.06. The van der Waals surface area contributed by atoms with Crippen LogP contribution in [0.15, 0.2) is 31.0 Å². The molecule has 13 heavy (non-hydrogen) atoms. The van der Waals surface area contributed by atoms with E-state index in [9.17, 15) is 0 Å². The molecule has 1 aromatic carbocycles. The first-order valence-corrected chi connectivity index (χ1v) is 4.45. The summed E-state index contributed by atoms with van der Waals surface area (Å²) >= 11 is 5.06. The second-order valence-electron chi connectivity index (χ2n) is 2.89. The Morgan fingerprint density at radius 2 is 2.15 bits per heavy atom. The summed E-state index contributed by atoms with van der Waals surface area (Å²) in [5.41, 5.74) is 3.31. The summed E-state index contributed by atoms with van der Waals surface area (Å²) in [5.74, 6) is 0. The molecule has 0 aromatic heterocycles. The Morgan fingerprint density at radius 1 is 1.46 bits per heavy atom. The van der Waals surface area contributed by atoms with Gasteiger partial charge in [-0.2, -0.15) is 0 Å². The summed E-state index contributed by atoms with van der Waals surface area (Å²) in [4.78, 5) is 0. The first-order valence-electron chi connectivity index (χ1n) is 4.04. The van der Waals surface area contributed by atoms with Gasteiger partial charge >= 0.3 is 0 Å². The number of ether oxygens (including phenoxy) is 1. The minimum absolute atomic E-state index is 0.479. The van der Waals surface area contributed by atoms with Crippen molar-refractivity contribution in [2.24, 2.45) is 0 Å². The van der Waals surface area contributed by atoms with Crippen LogP contribution in [0.25, 0.3) is 0 Å². The van der Waals surface area contributed by atoms with Crippen molar-refractivity contribution in [3.8, 4) is 0 Å². The predicted molar refractivity (Wildman–Crippen MR) is 58.9 cm³/mol. The lowest BCUT2D eigenvalue weighted by molar-refractivity contribution is 0.488. The summed E-state index contributed by atoms with van der Waals surface area (Å²) in [5, 5.41) is 0.479. The quantitative estimate of drug-likeness (QED) is 0.526. The Balaban J connectivity index is 3.01. The van der Waals surface area contributed by atoms with Gasteiger partial charge in [0.25, 0.3) is 0 Å². The van der Waals surface area contributed by atoms with Crippen molar-refractivity contribution in [1.29, 1.82) is 0 Å². The van der Waals surface area contributed by atoms with Crippen LogP contribution in [-0.2, 0) is 4.74 Å². The third kappa shape index (κ3) is 2.39. The molecule has 0 aliphatic rings. The molecule has 0 atom stereocenters. The number of rotatable bonds is 2. The SMILES string of the molecule is C=COC(=S)c1ccc(C)cc1C. The molecule has 0 spiro atoms. The smallest absolute Gasteiger partial charge is 0.197 e. The van der Waals surface area contributed by atoms with Crippen LogP contribution in [-0.4, -0.2) is 5.05 Å². The number of hydrogen-bond acceptors (Lipinski definition) is 2. The van der Waals surface area contributed by atoms with Crippen LogP contribution in [0.2, 0.25) is 0 Å². The van der Waals surface area contributed by atoms with Crippen molar-refractivity contribution < 1.29 is 4.74 Å². The third-order valence-electron chi connectivity index (χ3n) is 1.79. The molecule has 0 bridgehead atoms. The van der Waals surface area contributed by atoms with Gasteiger partial charge < -0.3 is 4.74 Å². The zero-order valence-electron chi connectivity index (χ0n) is 7.83. The van der Waals surface area contributed by atoms with Gasteiger partial charge in [-0.05, 0) is 37.7 Å². The van der Waals surface area contributed by atoms with Crippen molar-refractivity contribution in [2.75, 3.05) is 0 Å². The molecule has 0 amide bonds. The van der Waals surface area contributed by atoms with Crippen molar-refractivity contribution >= 4 is 17.3 Å². The minimum Gasteiger partial charge on any atom is -0.453 e. The highest BCUT2D eigenvalue weighted by molar-refractivity contribution is 7.80. The van der Waals surface area contributed by atoms with Gasteiger partial charge in [-0.15, -0.1) is 0 Å². The molecule has 1 rings (SSSR count). The third-order valence-corrected chi connectivity index (χ3v) is 2.11. The van der Waals surface area contributed by atoms with Crippen LogP contribution in [0.1, 0.15) is 16.7 Å². The molecular formula is C11H12OS. The lowest BCUT2D eigenvalue weighted by atomic mass is 10.1. The molecule has 0 aliphatic heterocycles. The van der Waals surface area contributed by atoms with Gasteiger partial charge in [-0.25, -0.2) is 0 Å². The Hall–Kier alpha value is -1.15. The summed E-state index contributed by atoms with van der Waals surface area (Å²) in [6, 6.07) is 6.06. The number of benzene rings is 1. The molecule has 0 aliphatic carbocycles. The molecule has 1 nitrogen and oxygen atoms in total. The van der Waals surface area contributed by atoms with Gasteiger partial charge in [-0.1, -0.05) is 24.3 Å². The summed E-state index contributed by atoms with van der Waals surface area (Å²) < 4.78 is 5.04. The van der Waals surface area contributed by atoms with Gasteiger partial charge in [0.1, 0.15) is 0 Å². The second kappa shape index (κ2) is 4.19. The Kier molecular flexibility index (Phi) is 3.20. The maximum Gasteiger partial charge on any atom is 0.197 e. The Labute approximate surface area is 84.0 Å². The van der Waals surface area contributed by atoms with E-state index >= 15 is 0 Å². The predicted octanol–water partition coefficient (Wildman–Crippen LogP) is 3.14. The van der Waals surface area contributed by atoms with E-state index < -0.39 is 0 Å². The maximum absolute atomic E-state index is 5.06. The molecule has 0 radical (unpaired) electrons. The highest BCUT2D eigenvalue weighted by atomic mass is 32.1. The van der Waals surface area contributed by atoms with Crippen LogP contribution in [0, 0.1) is 13.8 Å². The van der Waals surface area contributed by atoms with Gasteiger partial charge in [-0.3, -0.25) is 0 Å². The van der Waals surface area contributed by atoms with Crippen molar-refractivity contribution in [3.05, 3.63) is 47.7 Å². The number of hydrogen-bond donors (Lipinski definition) is 0. The van der Waals surface area contributed by atoms with Crippen LogP contribution < -0.4 is 0 Å². The first-order chi connectivity index (χ1) is 6.15. The van der Waals surface area contributed by atoms with Crippen LogP contribution in [0.4, 0.5) is 0 Å². The highest BCUT2D eigenvalue weighted by Crippen LogP contribution is 2.12. The van der Waals surface area contributed by atoms with Crippen molar-refractivity contribution in [1.82, 2.24) is 0 Å². The molecule has 0 fully saturated rings. The number of thiocarbonyl (C=S) groups is 1. The van der Waals surface area contributed by atoms with Crippen LogP contribution in [0.3, 0.4) is 0 Å². The largest absolute Gasteiger partial charge is 0.453 e. The van der Waals surface area contributed by atoms with Crippen molar-refractivity contribution in [3.63, 3.8) is 0 Å². The average Bonchev–Trinajstić information content (AvgIpc) is 2.04. The monoisotopic (exact) mass is 192 g/mol. The summed E-state index contributed by atoms with van der Waals surface area (Å²) in [6.07, 6.45) is 1.35. The van der Waals surface area contributed by atoms with E-state index in [-0.39, 0.29) is 0 Å². The summed E-state index contributed by atoms with van der Waals surface area (Å²) in [6.45, 7) is 7.53. The van der Waals surface area contributed by atoms with E-state index in [0.29, 0.717) is 5.05 Å². The summed E-state index contributed by atoms with van der Waals surface area (Å²) in [7, 11) is 0. The van der Waals surface area contributed by atoms with Gasteiger partial charge in [0.2, 0.25) is 0 Å². The number of aryl methyl sites for hydroxylation is 2. The fourth-order valence-corrected chi connectivity index (χ4v) is 1.48. The van der Waals surface area contributed by atoms with Crippen molar-refractivity contribution in [2.45, 2.75) is 13.8 Å². The van der Waals surface area contributed by atoms with Crippen LogP contribution in [0.5, 0.6) is 0 Å². The molecule has 68 valence electrons. The van der Waals surface area contributed by atoms with E-state index in [4.69, 9.17) is 17.0 Å². The Bertz CT molecular complexity index is 342. The molecule has 0 saturated carbocycles. The van der Waals surface area contributed by atoms with Gasteiger partial charge in [0.15, 0.2) is 5.05 Å². The van der Waals surface area contributed by atoms with Gasteiger partial charge in [0, 0.05) is 5.56 Å². The van der Waals surface area contributed by atoms with Crippen LogP contribution >= 0.6 is 12.2 Å². The molecule has 0 saturated heterocycles. The zero-order chi connectivity index (χ0) is 9.84. The topological polar surface area (TPSA) is 9.23 Å². The van der Waals surface area contributed by atoms with Gasteiger partial charge in [0.05, 0.1) is 6.26 Å². The standard InChI is InChI=1S/C11H12OS/c1-4-12-11(13)10-6-5-8(2)7-9(10)3/h4-7H,1H2,2-3H3. The van der Waals surface area contributed by atoms with E-state index in [1.54, 1.807) is 0 Å². The van der Waals surface area contributed by atoms with E-state index in [0.717, 1.165) is 11.1 Å². The zero-order valence-corrected chi connectivity index (χ0v) is 8.65. The first kappa shape index (κ1) is 9.93. The molecular weight excluding hydrogens is 180 g/mol. The molecule has 0 N–H and O–H groups in total. The molecule has 0 heterocycles. The average molecular weight is 192 g/mol. The molecule has 0 unspecified atom stereocenters. The second-order valence-corrected chi connectivity index (χ2v) is 3.26. The fourth-order valence-electron chi connectivity index (χ4n) is 1.18. The highest BCUT2D eigenvalue weighted by Gasteiger charge is 2.04. The lowest BCUT2D eigenvalue weighted by Crippen LogP contribution is -2.01. The fraction of sp³-hybridized carbons (Fsp3) is 0.182. The van der Waals surface area contributed by atoms with E-state index in [1.165, 1.54) is 11.8 Å².